The highest BCUT2D eigenvalue weighted by Gasteiger charge is 2.04. The van der Waals surface area contributed by atoms with Gasteiger partial charge in [-0.25, -0.2) is 0 Å². The lowest BCUT2D eigenvalue weighted by atomic mass is 10.1. The van der Waals surface area contributed by atoms with Crippen LogP contribution in [0.15, 0.2) is 53.5 Å². The van der Waals surface area contributed by atoms with E-state index >= 15 is 0 Å². The normalized spacial score (nSPS) is 10.6. The van der Waals surface area contributed by atoms with Crippen LogP contribution in [0.4, 0.5) is 5.69 Å². The SMILES string of the molecule is CN=C(NCCc1cccc(C(=O)NC)c1)NCc1cccc(N(C)C)c1.I. The summed E-state index contributed by atoms with van der Waals surface area (Å²) in [6, 6.07) is 16.1. The maximum Gasteiger partial charge on any atom is 0.251 e. The fourth-order valence-electron chi connectivity index (χ4n) is 2.69. The number of hydrogen-bond acceptors (Lipinski definition) is 3. The molecule has 28 heavy (non-hydrogen) atoms. The minimum atomic E-state index is -0.0674. The van der Waals surface area contributed by atoms with E-state index in [9.17, 15) is 4.79 Å². The number of carbonyl (C=O) groups is 1. The molecule has 1 amide bonds. The van der Waals surface area contributed by atoms with E-state index in [0.29, 0.717) is 12.1 Å². The first kappa shape index (κ1) is 23.7. The summed E-state index contributed by atoms with van der Waals surface area (Å²) in [5, 5.41) is 9.30. The van der Waals surface area contributed by atoms with Gasteiger partial charge in [0.25, 0.3) is 5.91 Å². The second kappa shape index (κ2) is 12.2. The van der Waals surface area contributed by atoms with Crippen molar-refractivity contribution in [1.82, 2.24) is 16.0 Å². The second-order valence-electron chi connectivity index (χ2n) is 6.45. The van der Waals surface area contributed by atoms with Gasteiger partial charge in [0.2, 0.25) is 0 Å². The van der Waals surface area contributed by atoms with Gasteiger partial charge in [0.05, 0.1) is 0 Å². The standard InChI is InChI=1S/C21H29N5O.HI/c1-22-20(27)18-9-5-7-16(13-18)11-12-24-21(23-2)25-15-17-8-6-10-19(14-17)26(3)4;/h5-10,13-14H,11-12,15H2,1-4H3,(H,22,27)(H2,23,24,25);1H. The van der Waals surface area contributed by atoms with Crippen molar-refractivity contribution < 1.29 is 4.79 Å². The van der Waals surface area contributed by atoms with Gasteiger partial charge in [-0.15, -0.1) is 24.0 Å². The van der Waals surface area contributed by atoms with Crippen LogP contribution in [0, 0.1) is 0 Å². The molecule has 6 nitrogen and oxygen atoms in total. The second-order valence-corrected chi connectivity index (χ2v) is 6.45. The summed E-state index contributed by atoms with van der Waals surface area (Å²) >= 11 is 0. The van der Waals surface area contributed by atoms with Gasteiger partial charge in [-0.3, -0.25) is 9.79 Å². The molecule has 0 aliphatic rings. The van der Waals surface area contributed by atoms with E-state index in [-0.39, 0.29) is 29.9 Å². The van der Waals surface area contributed by atoms with Crippen molar-refractivity contribution in [2.45, 2.75) is 13.0 Å². The Balaban J connectivity index is 0.00000392. The molecule has 152 valence electrons. The van der Waals surface area contributed by atoms with E-state index in [1.165, 1.54) is 11.3 Å². The van der Waals surface area contributed by atoms with Crippen LogP contribution in [-0.4, -0.2) is 46.6 Å². The fraction of sp³-hybridized carbons (Fsp3) is 0.333. The molecule has 0 heterocycles. The molecule has 0 aliphatic carbocycles. The Kier molecular flexibility index (Phi) is 10.4. The molecule has 2 rings (SSSR count). The molecule has 7 heteroatoms. The van der Waals surface area contributed by atoms with Gasteiger partial charge < -0.3 is 20.9 Å². The van der Waals surface area contributed by atoms with Gasteiger partial charge in [0.15, 0.2) is 5.96 Å². The first-order chi connectivity index (χ1) is 13.0. The molecule has 0 fully saturated rings. The molecule has 0 saturated carbocycles. The highest BCUT2D eigenvalue weighted by molar-refractivity contribution is 14.0. The lowest BCUT2D eigenvalue weighted by Gasteiger charge is -2.15. The van der Waals surface area contributed by atoms with Crippen molar-refractivity contribution in [2.24, 2.45) is 4.99 Å². The smallest absolute Gasteiger partial charge is 0.251 e. The molecule has 0 spiro atoms. The lowest BCUT2D eigenvalue weighted by Crippen LogP contribution is -2.37. The highest BCUT2D eigenvalue weighted by atomic mass is 127. The molecule has 0 unspecified atom stereocenters. The summed E-state index contributed by atoms with van der Waals surface area (Å²) in [5.74, 6) is 0.690. The van der Waals surface area contributed by atoms with Gasteiger partial charge in [-0.1, -0.05) is 24.3 Å². The van der Waals surface area contributed by atoms with E-state index in [0.717, 1.165) is 24.5 Å². The third kappa shape index (κ3) is 7.38. The van der Waals surface area contributed by atoms with Crippen molar-refractivity contribution in [3.63, 3.8) is 0 Å². The molecule has 0 saturated heterocycles. The molecule has 3 N–H and O–H groups in total. The Morgan fingerprint density at radius 1 is 1.04 bits per heavy atom. The number of hydrogen-bond donors (Lipinski definition) is 3. The van der Waals surface area contributed by atoms with Crippen molar-refractivity contribution in [3.8, 4) is 0 Å². The zero-order chi connectivity index (χ0) is 19.6. The monoisotopic (exact) mass is 495 g/mol. The summed E-state index contributed by atoms with van der Waals surface area (Å²) in [6.07, 6.45) is 0.807. The number of nitrogens with zero attached hydrogens (tertiary/aromatic N) is 2. The maximum absolute atomic E-state index is 11.7. The number of carbonyl (C=O) groups excluding carboxylic acids is 1. The lowest BCUT2D eigenvalue weighted by molar-refractivity contribution is 0.0963. The van der Waals surface area contributed by atoms with E-state index in [2.05, 4.69) is 50.1 Å². The van der Waals surface area contributed by atoms with Crippen LogP contribution in [0.25, 0.3) is 0 Å². The van der Waals surface area contributed by atoms with Crippen molar-refractivity contribution in [2.75, 3.05) is 39.6 Å². The Morgan fingerprint density at radius 2 is 1.75 bits per heavy atom. The summed E-state index contributed by atoms with van der Waals surface area (Å²) < 4.78 is 0. The minimum absolute atomic E-state index is 0. The highest BCUT2D eigenvalue weighted by Crippen LogP contribution is 2.13. The third-order valence-electron chi connectivity index (χ3n) is 4.23. The summed E-state index contributed by atoms with van der Waals surface area (Å²) in [6.45, 7) is 1.43. The zero-order valence-electron chi connectivity index (χ0n) is 17.0. The topological polar surface area (TPSA) is 68.8 Å². The number of halogens is 1. The quantitative estimate of drug-likeness (QED) is 0.314. The molecular weight excluding hydrogens is 465 g/mol. The molecule has 2 aromatic rings. The first-order valence-corrected chi connectivity index (χ1v) is 9.05. The van der Waals surface area contributed by atoms with Crippen LogP contribution < -0.4 is 20.9 Å². The van der Waals surface area contributed by atoms with Crippen LogP contribution in [0.1, 0.15) is 21.5 Å². The molecule has 2 aromatic carbocycles. The van der Waals surface area contributed by atoms with E-state index in [4.69, 9.17) is 0 Å². The van der Waals surface area contributed by atoms with Gasteiger partial charge in [-0.05, 0) is 41.8 Å². The number of amides is 1. The molecule has 0 atom stereocenters. The summed E-state index contributed by atoms with van der Waals surface area (Å²) in [5.41, 5.74) is 4.16. The van der Waals surface area contributed by atoms with Crippen LogP contribution in [0.2, 0.25) is 0 Å². The Labute approximate surface area is 184 Å². The predicted molar refractivity (Wildman–Crippen MR) is 128 cm³/mol. The Bertz CT molecular complexity index is 792. The molecule has 0 radical (unpaired) electrons. The molecule has 0 aromatic heterocycles. The van der Waals surface area contributed by atoms with Gasteiger partial charge in [0, 0.05) is 52.5 Å². The van der Waals surface area contributed by atoms with Gasteiger partial charge in [0.1, 0.15) is 0 Å². The van der Waals surface area contributed by atoms with Crippen molar-refractivity contribution in [1.29, 1.82) is 0 Å². The summed E-state index contributed by atoms with van der Waals surface area (Å²) in [7, 11) is 7.47. The Morgan fingerprint density at radius 3 is 2.43 bits per heavy atom. The average Bonchev–Trinajstić information content (AvgIpc) is 2.70. The molecule has 0 bridgehead atoms. The van der Waals surface area contributed by atoms with Crippen LogP contribution in [0.3, 0.4) is 0 Å². The van der Waals surface area contributed by atoms with Crippen LogP contribution in [-0.2, 0) is 13.0 Å². The molecular formula is C21H30IN5O. The predicted octanol–water partition coefficient (Wildman–Crippen LogP) is 2.64. The maximum atomic E-state index is 11.7. The summed E-state index contributed by atoms with van der Waals surface area (Å²) in [4.78, 5) is 18.1. The van der Waals surface area contributed by atoms with Gasteiger partial charge >= 0.3 is 0 Å². The number of aliphatic imine (C=N–C) groups is 1. The average molecular weight is 495 g/mol. The number of benzene rings is 2. The van der Waals surface area contributed by atoms with E-state index < -0.39 is 0 Å². The fourth-order valence-corrected chi connectivity index (χ4v) is 2.69. The van der Waals surface area contributed by atoms with E-state index in [1.807, 2.05) is 38.4 Å². The number of guanidine groups is 1. The van der Waals surface area contributed by atoms with Crippen molar-refractivity contribution in [3.05, 3.63) is 65.2 Å². The van der Waals surface area contributed by atoms with E-state index in [1.54, 1.807) is 14.1 Å². The number of nitrogens with one attached hydrogen (secondary N) is 3. The minimum Gasteiger partial charge on any atom is -0.378 e. The number of rotatable bonds is 7. The first-order valence-electron chi connectivity index (χ1n) is 9.05. The number of anilines is 1. The van der Waals surface area contributed by atoms with Crippen LogP contribution in [0.5, 0.6) is 0 Å². The molecule has 0 aliphatic heterocycles. The Hall–Kier alpha value is -2.29. The zero-order valence-corrected chi connectivity index (χ0v) is 19.3. The van der Waals surface area contributed by atoms with Crippen molar-refractivity contribution >= 4 is 41.5 Å². The largest absolute Gasteiger partial charge is 0.378 e. The third-order valence-corrected chi connectivity index (χ3v) is 4.23. The van der Waals surface area contributed by atoms with Crippen LogP contribution >= 0.6 is 24.0 Å². The van der Waals surface area contributed by atoms with Gasteiger partial charge in [-0.2, -0.15) is 0 Å².